The predicted octanol–water partition coefficient (Wildman–Crippen LogP) is 2.81. The second-order valence-electron chi connectivity index (χ2n) is 7.72. The molecule has 124 valence electrons. The molecule has 4 heterocycles. The van der Waals surface area contributed by atoms with Crippen molar-refractivity contribution in [2.24, 2.45) is 0 Å². The van der Waals surface area contributed by atoms with Crippen LogP contribution in [0.2, 0.25) is 0 Å². The topological polar surface area (TPSA) is 67.8 Å². The van der Waals surface area contributed by atoms with Crippen molar-refractivity contribution in [3.05, 3.63) is 35.9 Å². The molecule has 4 aliphatic rings. The second-order valence-corrected chi connectivity index (χ2v) is 8.91. The van der Waals surface area contributed by atoms with Gasteiger partial charge in [0, 0.05) is 18.4 Å². The number of ether oxygens (including phenoxy) is 3. The highest BCUT2D eigenvalue weighted by atomic mass is 31.1. The van der Waals surface area contributed by atoms with E-state index in [1.165, 1.54) is 0 Å². The minimum atomic E-state index is -2.86. The van der Waals surface area contributed by atoms with Gasteiger partial charge in [-0.2, -0.15) is 0 Å². The van der Waals surface area contributed by atoms with E-state index >= 15 is 0 Å². The normalized spacial score (nSPS) is 51.8. The van der Waals surface area contributed by atoms with Crippen LogP contribution >= 0.6 is 8.03 Å². The largest absolute Gasteiger partial charge is 0.595 e. The van der Waals surface area contributed by atoms with Crippen molar-refractivity contribution < 1.29 is 23.7 Å². The second kappa shape index (κ2) is 4.22. The molecule has 23 heavy (non-hydrogen) atoms. The van der Waals surface area contributed by atoms with Crippen molar-refractivity contribution >= 4 is 8.03 Å². The van der Waals surface area contributed by atoms with Crippen LogP contribution in [-0.2, 0) is 23.9 Å². The Kier molecular flexibility index (Phi) is 2.87. The van der Waals surface area contributed by atoms with E-state index in [0.29, 0.717) is 18.4 Å². The van der Waals surface area contributed by atoms with E-state index in [2.05, 4.69) is 0 Å². The van der Waals surface area contributed by atoms with Crippen molar-refractivity contribution in [1.29, 1.82) is 0 Å². The van der Waals surface area contributed by atoms with E-state index in [1.807, 2.05) is 58.0 Å². The summed E-state index contributed by atoms with van der Waals surface area (Å²) in [6, 6.07) is 9.29. The van der Waals surface area contributed by atoms with Gasteiger partial charge in [-0.1, -0.05) is 34.9 Å². The fourth-order valence-electron chi connectivity index (χ4n) is 5.64. The first-order chi connectivity index (χ1) is 10.6. The molecule has 0 N–H and O–H groups in total. The molecule has 5 rings (SSSR count). The third kappa shape index (κ3) is 1.72. The summed E-state index contributed by atoms with van der Waals surface area (Å²) < 4.78 is 31.2. The van der Waals surface area contributed by atoms with Crippen LogP contribution in [0.25, 0.3) is 0 Å². The molecule has 0 spiro atoms. The molecule has 5 unspecified atom stereocenters. The summed E-state index contributed by atoms with van der Waals surface area (Å²) in [5.41, 5.74) is -1.13. The van der Waals surface area contributed by atoms with E-state index in [4.69, 9.17) is 14.2 Å². The zero-order valence-electron chi connectivity index (χ0n) is 13.8. The van der Waals surface area contributed by atoms with E-state index in [-0.39, 0.29) is 0 Å². The van der Waals surface area contributed by atoms with E-state index in [1.54, 1.807) is 0 Å². The van der Waals surface area contributed by atoms with E-state index in [0.717, 1.165) is 0 Å². The highest BCUT2D eigenvalue weighted by Gasteiger charge is 2.84. The molecule has 4 saturated heterocycles. The first kappa shape index (κ1) is 15.7. The van der Waals surface area contributed by atoms with Gasteiger partial charge in [-0.15, -0.1) is 0 Å². The van der Waals surface area contributed by atoms with Gasteiger partial charge in [-0.25, -0.2) is 0 Å². The Bertz CT molecular complexity index is 643. The van der Waals surface area contributed by atoms with E-state index < -0.39 is 36.0 Å². The Morgan fingerprint density at radius 2 is 1.39 bits per heavy atom. The summed E-state index contributed by atoms with van der Waals surface area (Å²) in [7, 11) is -2.86. The van der Waals surface area contributed by atoms with Crippen molar-refractivity contribution in [2.45, 2.75) is 68.5 Å². The van der Waals surface area contributed by atoms with Gasteiger partial charge in [0.25, 0.3) is 0 Å². The summed E-state index contributed by atoms with van der Waals surface area (Å²) in [5, 5.41) is -1.25. The van der Waals surface area contributed by atoms with Crippen LogP contribution in [0.5, 0.6) is 0 Å². The molecular weight excluding hydrogens is 315 g/mol. The maximum absolute atomic E-state index is 12.7. The molecule has 5 nitrogen and oxygen atoms in total. The van der Waals surface area contributed by atoms with Gasteiger partial charge in [0.2, 0.25) is 5.16 Å². The third-order valence-corrected chi connectivity index (χ3v) is 7.38. The third-order valence-electron chi connectivity index (χ3n) is 5.63. The van der Waals surface area contributed by atoms with Crippen LogP contribution in [0.3, 0.4) is 0 Å². The fourth-order valence-corrected chi connectivity index (χ4v) is 7.02. The van der Waals surface area contributed by atoms with Gasteiger partial charge in [-0.05, 0) is 27.7 Å². The van der Waals surface area contributed by atoms with Gasteiger partial charge in [0.05, 0.1) is 0 Å². The van der Waals surface area contributed by atoms with E-state index in [9.17, 15) is 9.46 Å². The van der Waals surface area contributed by atoms with Crippen molar-refractivity contribution in [1.82, 2.24) is 0 Å². The summed E-state index contributed by atoms with van der Waals surface area (Å²) in [4.78, 5) is 12.7. The molecule has 0 aliphatic carbocycles. The zero-order valence-corrected chi connectivity index (χ0v) is 14.7. The first-order valence-corrected chi connectivity index (χ1v) is 9.07. The van der Waals surface area contributed by atoms with Gasteiger partial charge >= 0.3 is 8.03 Å². The minimum absolute atomic E-state index is 0.364. The zero-order chi connectivity index (χ0) is 16.7. The molecule has 0 radical (unpaired) electrons. The van der Waals surface area contributed by atoms with Crippen LogP contribution in [0.1, 0.15) is 46.1 Å². The minimum Gasteiger partial charge on any atom is -0.595 e. The van der Waals surface area contributed by atoms with Crippen LogP contribution in [0.15, 0.2) is 30.3 Å². The Balaban J connectivity index is 2.03. The Labute approximate surface area is 136 Å². The molecule has 1 aromatic carbocycles. The summed E-state index contributed by atoms with van der Waals surface area (Å²) in [6.45, 7) is 7.50. The monoisotopic (exact) mass is 336 g/mol. The smallest absolute Gasteiger partial charge is 0.326 e. The number of benzene rings is 1. The average Bonchev–Trinajstić information content (AvgIpc) is 2.33. The lowest BCUT2D eigenvalue weighted by Gasteiger charge is -2.70. The quantitative estimate of drug-likeness (QED) is 0.777. The standard InChI is InChI=1S/C17H21O5P/c1-13-10-15(3)21-14(2,11-16(4,20-13)22-15)17(13,23(18)19)12-8-6-5-7-9-12/h5-9H,10-11H2,1-4H3. The van der Waals surface area contributed by atoms with Gasteiger partial charge in [-0.3, -0.25) is 0 Å². The SMILES string of the molecule is CC12CC3(C)OC(C)(CC(C)(O1)C3(c1ccccc1)[P+](=O)[O-])O2. The average molecular weight is 336 g/mol. The van der Waals surface area contributed by atoms with Gasteiger partial charge in [0.1, 0.15) is 11.2 Å². The number of rotatable bonds is 2. The molecule has 4 aliphatic heterocycles. The number of hydrogen-bond acceptors (Lipinski definition) is 5. The molecule has 0 amide bonds. The summed E-state index contributed by atoms with van der Waals surface area (Å²) in [6.07, 6.45) is 0.729. The molecule has 1 aromatic rings. The Morgan fingerprint density at radius 1 is 0.913 bits per heavy atom. The molecule has 0 saturated carbocycles. The lowest BCUT2D eigenvalue weighted by molar-refractivity contribution is -0.526. The fraction of sp³-hybridized carbons (Fsp3) is 0.647. The molecular formula is C17H21O5P. The Hall–Kier alpha value is -0.840. The van der Waals surface area contributed by atoms with Gasteiger partial charge in [0.15, 0.2) is 11.6 Å². The highest BCUT2D eigenvalue weighted by Crippen LogP contribution is 2.73. The van der Waals surface area contributed by atoms with Crippen LogP contribution in [0, 0.1) is 0 Å². The van der Waals surface area contributed by atoms with Crippen LogP contribution in [-0.4, -0.2) is 22.8 Å². The first-order valence-electron chi connectivity index (χ1n) is 7.89. The molecule has 0 aromatic heterocycles. The van der Waals surface area contributed by atoms with Crippen molar-refractivity contribution in [2.75, 3.05) is 0 Å². The Morgan fingerprint density at radius 3 is 1.83 bits per heavy atom. The van der Waals surface area contributed by atoms with Crippen molar-refractivity contribution in [3.8, 4) is 0 Å². The summed E-state index contributed by atoms with van der Waals surface area (Å²) >= 11 is 0. The maximum Gasteiger partial charge on any atom is 0.326 e. The van der Waals surface area contributed by atoms with Crippen LogP contribution < -0.4 is 4.89 Å². The predicted molar refractivity (Wildman–Crippen MR) is 81.8 cm³/mol. The maximum atomic E-state index is 12.7. The lowest BCUT2D eigenvalue weighted by atomic mass is 9.61. The van der Waals surface area contributed by atoms with Crippen molar-refractivity contribution in [3.63, 3.8) is 0 Å². The highest BCUT2D eigenvalue weighted by molar-refractivity contribution is 7.38. The summed E-state index contributed by atoms with van der Waals surface area (Å²) in [5.74, 6) is -1.67. The molecule has 5 atom stereocenters. The van der Waals surface area contributed by atoms with Crippen LogP contribution in [0.4, 0.5) is 0 Å². The molecule has 6 heteroatoms. The lowest BCUT2D eigenvalue weighted by Crippen LogP contribution is -2.82. The molecule has 4 fully saturated rings. The molecule has 4 bridgehead atoms. The van der Waals surface area contributed by atoms with Gasteiger partial charge < -0.3 is 19.1 Å². The number of hydrogen-bond donors (Lipinski definition) is 0.